The number of rotatable bonds is 6. The van der Waals surface area contributed by atoms with Crippen LogP contribution in [0.2, 0.25) is 0 Å². The normalized spacial score (nSPS) is 20.9. The first kappa shape index (κ1) is 17.4. The molecule has 0 N–H and O–H groups in total. The van der Waals surface area contributed by atoms with Gasteiger partial charge in [0.1, 0.15) is 6.04 Å². The molecule has 3 heterocycles. The van der Waals surface area contributed by atoms with Crippen molar-refractivity contribution in [2.24, 2.45) is 5.92 Å². The van der Waals surface area contributed by atoms with Crippen molar-refractivity contribution in [3.8, 4) is 0 Å². The van der Waals surface area contributed by atoms with Crippen molar-refractivity contribution in [1.82, 2.24) is 14.8 Å². The third-order valence-corrected chi connectivity index (χ3v) is 5.25. The predicted molar refractivity (Wildman–Crippen MR) is 93.6 cm³/mol. The van der Waals surface area contributed by atoms with Crippen LogP contribution >= 0.6 is 0 Å². The second-order valence-corrected chi connectivity index (χ2v) is 6.86. The first-order chi connectivity index (χ1) is 11.8. The molecular weight excluding hydrogens is 302 g/mol. The number of likely N-dealkylation sites (tertiary alicyclic amines) is 1. The summed E-state index contributed by atoms with van der Waals surface area (Å²) >= 11 is 0. The third kappa shape index (κ3) is 4.14. The fraction of sp³-hybridized carbons (Fsp3) is 0.684. The lowest BCUT2D eigenvalue weighted by Gasteiger charge is -2.34. The van der Waals surface area contributed by atoms with Crippen molar-refractivity contribution in [2.75, 3.05) is 39.4 Å². The van der Waals surface area contributed by atoms with Crippen molar-refractivity contribution >= 4 is 5.91 Å². The van der Waals surface area contributed by atoms with Crippen LogP contribution in [0.5, 0.6) is 0 Å². The van der Waals surface area contributed by atoms with Gasteiger partial charge in [-0.05, 0) is 63.2 Å². The number of carbonyl (C=O) groups is 1. The molecule has 2 aliphatic rings. The van der Waals surface area contributed by atoms with Crippen LogP contribution in [-0.4, -0.2) is 60.1 Å². The van der Waals surface area contributed by atoms with Gasteiger partial charge in [-0.2, -0.15) is 0 Å². The van der Waals surface area contributed by atoms with Crippen LogP contribution in [0, 0.1) is 5.92 Å². The summed E-state index contributed by atoms with van der Waals surface area (Å²) in [5.41, 5.74) is 1.02. The van der Waals surface area contributed by atoms with Gasteiger partial charge in [0.2, 0.25) is 5.91 Å². The van der Waals surface area contributed by atoms with Crippen molar-refractivity contribution in [1.29, 1.82) is 0 Å². The Morgan fingerprint density at radius 1 is 1.38 bits per heavy atom. The zero-order valence-electron chi connectivity index (χ0n) is 14.7. The highest BCUT2D eigenvalue weighted by Crippen LogP contribution is 2.27. The second kappa shape index (κ2) is 8.58. The van der Waals surface area contributed by atoms with Crippen LogP contribution in [0.25, 0.3) is 0 Å². The zero-order chi connectivity index (χ0) is 16.8. The molecule has 0 spiro atoms. The fourth-order valence-electron chi connectivity index (χ4n) is 3.84. The Labute approximate surface area is 145 Å². The maximum absolute atomic E-state index is 13.4. The van der Waals surface area contributed by atoms with Gasteiger partial charge in [0, 0.05) is 38.7 Å². The number of hydrogen-bond acceptors (Lipinski definition) is 4. The summed E-state index contributed by atoms with van der Waals surface area (Å²) in [7, 11) is 0. The molecule has 2 fully saturated rings. The molecule has 2 aliphatic heterocycles. The smallest absolute Gasteiger partial charge is 0.244 e. The number of aromatic nitrogens is 1. The molecule has 24 heavy (non-hydrogen) atoms. The molecule has 0 aliphatic carbocycles. The van der Waals surface area contributed by atoms with Crippen molar-refractivity contribution in [3.05, 3.63) is 30.1 Å². The van der Waals surface area contributed by atoms with Crippen LogP contribution in [0.1, 0.15) is 44.2 Å². The molecule has 5 heteroatoms. The first-order valence-corrected chi connectivity index (χ1v) is 9.30. The standard InChI is InChI=1S/C19H29N3O2/c1-2-21(15-16-7-12-24-13-8-16)19(23)18(22-10-3-4-11-22)17-6-5-9-20-14-17/h5-6,9,14,16,18H,2-4,7-8,10-13,15H2,1H3. The molecule has 3 rings (SSSR count). The monoisotopic (exact) mass is 331 g/mol. The van der Waals surface area contributed by atoms with E-state index < -0.39 is 0 Å². The molecule has 1 aromatic heterocycles. The van der Waals surface area contributed by atoms with Gasteiger partial charge in [0.05, 0.1) is 0 Å². The van der Waals surface area contributed by atoms with E-state index in [0.29, 0.717) is 5.92 Å². The topological polar surface area (TPSA) is 45.7 Å². The molecular formula is C19H29N3O2. The quantitative estimate of drug-likeness (QED) is 0.803. The van der Waals surface area contributed by atoms with Gasteiger partial charge >= 0.3 is 0 Å². The van der Waals surface area contributed by atoms with Crippen LogP contribution < -0.4 is 0 Å². The molecule has 1 amide bonds. The largest absolute Gasteiger partial charge is 0.381 e. The van der Waals surface area contributed by atoms with Crippen LogP contribution in [0.3, 0.4) is 0 Å². The van der Waals surface area contributed by atoms with Crippen molar-refractivity contribution < 1.29 is 9.53 Å². The second-order valence-electron chi connectivity index (χ2n) is 6.86. The minimum Gasteiger partial charge on any atom is -0.381 e. The van der Waals surface area contributed by atoms with Crippen molar-refractivity contribution in [3.63, 3.8) is 0 Å². The van der Waals surface area contributed by atoms with Gasteiger partial charge < -0.3 is 9.64 Å². The summed E-state index contributed by atoms with van der Waals surface area (Å²) < 4.78 is 5.45. The number of hydrogen-bond donors (Lipinski definition) is 0. The van der Waals surface area contributed by atoms with E-state index in [1.54, 1.807) is 6.20 Å². The summed E-state index contributed by atoms with van der Waals surface area (Å²) in [6.07, 6.45) is 8.10. The Balaban J connectivity index is 1.75. The minimum absolute atomic E-state index is 0.180. The van der Waals surface area contributed by atoms with E-state index in [2.05, 4.69) is 16.8 Å². The number of likely N-dealkylation sites (N-methyl/N-ethyl adjacent to an activating group) is 1. The maximum Gasteiger partial charge on any atom is 0.244 e. The SMILES string of the molecule is CCN(CC1CCOCC1)C(=O)C(c1cccnc1)N1CCCC1. The number of carbonyl (C=O) groups excluding carboxylic acids is 1. The van der Waals surface area contributed by atoms with Crippen LogP contribution in [-0.2, 0) is 9.53 Å². The Hall–Kier alpha value is -1.46. The van der Waals surface area contributed by atoms with Gasteiger partial charge in [0.25, 0.3) is 0 Å². The zero-order valence-corrected chi connectivity index (χ0v) is 14.7. The summed E-state index contributed by atoms with van der Waals surface area (Å²) in [5, 5.41) is 0. The van der Waals surface area contributed by atoms with E-state index in [0.717, 1.165) is 57.8 Å². The maximum atomic E-state index is 13.4. The molecule has 0 radical (unpaired) electrons. The molecule has 1 unspecified atom stereocenters. The summed E-state index contributed by atoms with van der Waals surface area (Å²) in [4.78, 5) is 22.0. The van der Waals surface area contributed by atoms with E-state index >= 15 is 0 Å². The van der Waals surface area contributed by atoms with E-state index in [1.807, 2.05) is 23.2 Å². The lowest BCUT2D eigenvalue weighted by Crippen LogP contribution is -2.44. The van der Waals surface area contributed by atoms with E-state index in [-0.39, 0.29) is 11.9 Å². The highest BCUT2D eigenvalue weighted by molar-refractivity contribution is 5.83. The Kier molecular flexibility index (Phi) is 6.21. The number of pyridine rings is 1. The molecule has 0 saturated carbocycles. The third-order valence-electron chi connectivity index (χ3n) is 5.25. The van der Waals surface area contributed by atoms with Crippen LogP contribution in [0.4, 0.5) is 0 Å². The lowest BCUT2D eigenvalue weighted by atomic mass is 9.98. The van der Waals surface area contributed by atoms with Gasteiger partial charge in [-0.1, -0.05) is 6.07 Å². The molecule has 132 valence electrons. The average Bonchev–Trinajstić information content (AvgIpc) is 3.16. The highest BCUT2D eigenvalue weighted by atomic mass is 16.5. The molecule has 1 atom stereocenters. The lowest BCUT2D eigenvalue weighted by molar-refractivity contribution is -0.138. The first-order valence-electron chi connectivity index (χ1n) is 9.30. The molecule has 1 aromatic rings. The molecule has 5 nitrogen and oxygen atoms in total. The van der Waals surface area contributed by atoms with Gasteiger partial charge in [-0.25, -0.2) is 0 Å². The predicted octanol–water partition coefficient (Wildman–Crippen LogP) is 2.49. The van der Waals surface area contributed by atoms with Gasteiger partial charge in [-0.15, -0.1) is 0 Å². The average molecular weight is 331 g/mol. The Morgan fingerprint density at radius 2 is 2.12 bits per heavy atom. The summed E-state index contributed by atoms with van der Waals surface area (Å²) in [5.74, 6) is 0.801. The highest BCUT2D eigenvalue weighted by Gasteiger charge is 2.33. The molecule has 2 saturated heterocycles. The van der Waals surface area contributed by atoms with Crippen molar-refractivity contribution in [2.45, 2.75) is 38.6 Å². The number of amides is 1. The van der Waals surface area contributed by atoms with Gasteiger partial charge in [-0.3, -0.25) is 14.7 Å². The van der Waals surface area contributed by atoms with E-state index in [4.69, 9.17) is 4.74 Å². The van der Waals surface area contributed by atoms with Crippen LogP contribution in [0.15, 0.2) is 24.5 Å². The summed E-state index contributed by atoms with van der Waals surface area (Å²) in [6.45, 7) is 7.36. The van der Waals surface area contributed by atoms with E-state index in [9.17, 15) is 4.79 Å². The van der Waals surface area contributed by atoms with Gasteiger partial charge in [0.15, 0.2) is 0 Å². The summed E-state index contributed by atoms with van der Waals surface area (Å²) in [6, 6.07) is 3.79. The number of nitrogens with zero attached hydrogens (tertiary/aromatic N) is 3. The number of ether oxygens (including phenoxy) is 1. The Morgan fingerprint density at radius 3 is 2.75 bits per heavy atom. The Bertz CT molecular complexity index is 511. The molecule has 0 aromatic carbocycles. The minimum atomic E-state index is -0.180. The fourth-order valence-corrected chi connectivity index (χ4v) is 3.84. The van der Waals surface area contributed by atoms with E-state index in [1.165, 1.54) is 12.8 Å². The molecule has 0 bridgehead atoms.